The highest BCUT2D eigenvalue weighted by atomic mass is 16.2. The third kappa shape index (κ3) is 4.95. The van der Waals surface area contributed by atoms with Crippen molar-refractivity contribution in [3.05, 3.63) is 60.2 Å². The van der Waals surface area contributed by atoms with Crippen LogP contribution in [0.4, 0.5) is 0 Å². The molecule has 0 aliphatic rings. The summed E-state index contributed by atoms with van der Waals surface area (Å²) in [6, 6.07) is 17.4. The lowest BCUT2D eigenvalue weighted by molar-refractivity contribution is -0.128. The van der Waals surface area contributed by atoms with Gasteiger partial charge in [-0.15, -0.1) is 0 Å². The summed E-state index contributed by atoms with van der Waals surface area (Å²) >= 11 is 0. The van der Waals surface area contributed by atoms with Gasteiger partial charge in [-0.25, -0.2) is 0 Å². The van der Waals surface area contributed by atoms with Crippen LogP contribution >= 0.6 is 0 Å². The number of hydrogen-bond donors (Lipinski definition) is 1. The van der Waals surface area contributed by atoms with E-state index in [1.54, 1.807) is 24.1 Å². The first-order valence-electron chi connectivity index (χ1n) is 8.29. The van der Waals surface area contributed by atoms with E-state index in [9.17, 15) is 9.59 Å². The SMILES string of the molecule is CCCCN(C)C(=O)CNC(=O)c1ccc(-c2ccccc2)cc1. The number of unbranched alkanes of at least 4 members (excludes halogenated alkanes) is 1. The Hall–Kier alpha value is -2.62. The minimum Gasteiger partial charge on any atom is -0.344 e. The first-order chi connectivity index (χ1) is 11.6. The van der Waals surface area contributed by atoms with Gasteiger partial charge in [0.15, 0.2) is 0 Å². The molecule has 0 radical (unpaired) electrons. The van der Waals surface area contributed by atoms with E-state index in [-0.39, 0.29) is 18.4 Å². The molecule has 0 fully saturated rings. The van der Waals surface area contributed by atoms with Crippen LogP contribution < -0.4 is 5.32 Å². The van der Waals surface area contributed by atoms with E-state index >= 15 is 0 Å². The molecule has 2 rings (SSSR count). The predicted molar refractivity (Wildman–Crippen MR) is 96.8 cm³/mol. The largest absolute Gasteiger partial charge is 0.344 e. The van der Waals surface area contributed by atoms with E-state index in [4.69, 9.17) is 0 Å². The maximum atomic E-state index is 12.2. The van der Waals surface area contributed by atoms with Crippen LogP contribution in [-0.2, 0) is 4.79 Å². The van der Waals surface area contributed by atoms with Crippen molar-refractivity contribution < 1.29 is 9.59 Å². The molecule has 0 aliphatic carbocycles. The van der Waals surface area contributed by atoms with Crippen LogP contribution in [0.1, 0.15) is 30.1 Å². The minimum atomic E-state index is -0.230. The Kier molecular flexibility index (Phi) is 6.55. The van der Waals surface area contributed by atoms with Gasteiger partial charge >= 0.3 is 0 Å². The molecule has 0 heterocycles. The highest BCUT2D eigenvalue weighted by Crippen LogP contribution is 2.19. The highest BCUT2D eigenvalue weighted by Gasteiger charge is 2.11. The fraction of sp³-hybridized carbons (Fsp3) is 0.300. The molecule has 0 saturated carbocycles. The van der Waals surface area contributed by atoms with Crippen molar-refractivity contribution >= 4 is 11.8 Å². The minimum absolute atomic E-state index is 0.0273. The number of rotatable bonds is 7. The zero-order valence-electron chi connectivity index (χ0n) is 14.3. The van der Waals surface area contributed by atoms with E-state index in [2.05, 4.69) is 12.2 Å². The zero-order chi connectivity index (χ0) is 17.4. The number of hydrogen-bond acceptors (Lipinski definition) is 2. The van der Waals surface area contributed by atoms with Gasteiger partial charge in [-0.2, -0.15) is 0 Å². The zero-order valence-corrected chi connectivity index (χ0v) is 14.3. The smallest absolute Gasteiger partial charge is 0.251 e. The molecule has 2 aromatic carbocycles. The van der Waals surface area contributed by atoms with E-state index in [0.29, 0.717) is 5.56 Å². The van der Waals surface area contributed by atoms with Gasteiger partial charge in [0.05, 0.1) is 6.54 Å². The van der Waals surface area contributed by atoms with Gasteiger partial charge in [0, 0.05) is 19.2 Å². The second-order valence-corrected chi connectivity index (χ2v) is 5.79. The summed E-state index contributed by atoms with van der Waals surface area (Å²) in [6.45, 7) is 2.83. The molecule has 2 amide bonds. The second kappa shape index (κ2) is 8.87. The Morgan fingerprint density at radius 1 is 0.958 bits per heavy atom. The van der Waals surface area contributed by atoms with Crippen molar-refractivity contribution in [2.75, 3.05) is 20.1 Å². The van der Waals surface area contributed by atoms with Crippen LogP contribution in [0.3, 0.4) is 0 Å². The molecule has 126 valence electrons. The molecule has 0 aliphatic heterocycles. The van der Waals surface area contributed by atoms with Gasteiger partial charge in [-0.05, 0) is 29.7 Å². The first kappa shape index (κ1) is 17.7. The monoisotopic (exact) mass is 324 g/mol. The molecule has 24 heavy (non-hydrogen) atoms. The second-order valence-electron chi connectivity index (χ2n) is 5.79. The average molecular weight is 324 g/mol. The van der Waals surface area contributed by atoms with Crippen molar-refractivity contribution in [2.24, 2.45) is 0 Å². The molecule has 0 spiro atoms. The number of likely N-dealkylation sites (N-methyl/N-ethyl adjacent to an activating group) is 1. The number of nitrogens with zero attached hydrogens (tertiary/aromatic N) is 1. The standard InChI is InChI=1S/C20H24N2O2/c1-3-4-14-22(2)19(23)15-21-20(24)18-12-10-17(11-13-18)16-8-6-5-7-9-16/h5-13H,3-4,14-15H2,1-2H3,(H,21,24). The maximum Gasteiger partial charge on any atom is 0.251 e. The molecule has 4 heteroatoms. The van der Waals surface area contributed by atoms with E-state index in [1.807, 2.05) is 42.5 Å². The molecule has 1 N–H and O–H groups in total. The Morgan fingerprint density at radius 3 is 2.21 bits per heavy atom. The van der Waals surface area contributed by atoms with Gasteiger partial charge in [-0.1, -0.05) is 55.8 Å². The summed E-state index contributed by atoms with van der Waals surface area (Å²) in [6.07, 6.45) is 2.01. The van der Waals surface area contributed by atoms with Crippen LogP contribution in [-0.4, -0.2) is 36.9 Å². The van der Waals surface area contributed by atoms with E-state index < -0.39 is 0 Å². The normalized spacial score (nSPS) is 10.2. The van der Waals surface area contributed by atoms with Crippen molar-refractivity contribution in [1.82, 2.24) is 10.2 Å². The molecule has 2 aromatic rings. The van der Waals surface area contributed by atoms with Crippen LogP contribution in [0.2, 0.25) is 0 Å². The van der Waals surface area contributed by atoms with Crippen LogP contribution in [0.15, 0.2) is 54.6 Å². The summed E-state index contributed by atoms with van der Waals surface area (Å²) in [7, 11) is 1.76. The summed E-state index contributed by atoms with van der Waals surface area (Å²) < 4.78 is 0. The topological polar surface area (TPSA) is 49.4 Å². The molecule has 0 unspecified atom stereocenters. The fourth-order valence-corrected chi connectivity index (χ4v) is 2.36. The van der Waals surface area contributed by atoms with Crippen molar-refractivity contribution in [3.8, 4) is 11.1 Å². The molecule has 0 saturated heterocycles. The van der Waals surface area contributed by atoms with Crippen LogP contribution in [0, 0.1) is 0 Å². The highest BCUT2D eigenvalue weighted by molar-refractivity contribution is 5.96. The summed E-state index contributed by atoms with van der Waals surface area (Å²) in [5, 5.41) is 2.69. The number of nitrogens with one attached hydrogen (secondary N) is 1. The number of amides is 2. The molecular weight excluding hydrogens is 300 g/mol. The molecular formula is C20H24N2O2. The maximum absolute atomic E-state index is 12.2. The Morgan fingerprint density at radius 2 is 1.58 bits per heavy atom. The lowest BCUT2D eigenvalue weighted by atomic mass is 10.0. The molecule has 0 atom stereocenters. The Balaban J connectivity index is 1.90. The van der Waals surface area contributed by atoms with Crippen molar-refractivity contribution in [2.45, 2.75) is 19.8 Å². The van der Waals surface area contributed by atoms with Crippen molar-refractivity contribution in [1.29, 1.82) is 0 Å². The number of benzene rings is 2. The van der Waals surface area contributed by atoms with Crippen LogP contribution in [0.5, 0.6) is 0 Å². The predicted octanol–water partition coefficient (Wildman–Crippen LogP) is 3.34. The van der Waals surface area contributed by atoms with Crippen LogP contribution in [0.25, 0.3) is 11.1 Å². The quantitative estimate of drug-likeness (QED) is 0.849. The number of carbonyl (C=O) groups excluding carboxylic acids is 2. The third-order valence-corrected chi connectivity index (χ3v) is 3.93. The van der Waals surface area contributed by atoms with E-state index in [1.165, 1.54) is 0 Å². The molecule has 4 nitrogen and oxygen atoms in total. The Bertz CT molecular complexity index is 666. The van der Waals surface area contributed by atoms with Gasteiger partial charge in [0.2, 0.25) is 5.91 Å². The van der Waals surface area contributed by atoms with Crippen molar-refractivity contribution in [3.63, 3.8) is 0 Å². The molecule has 0 bridgehead atoms. The van der Waals surface area contributed by atoms with Gasteiger partial charge in [0.1, 0.15) is 0 Å². The third-order valence-electron chi connectivity index (χ3n) is 3.93. The average Bonchev–Trinajstić information content (AvgIpc) is 2.64. The molecule has 0 aromatic heterocycles. The van der Waals surface area contributed by atoms with Gasteiger partial charge in [0.25, 0.3) is 5.91 Å². The summed E-state index contributed by atoms with van der Waals surface area (Å²) in [5.41, 5.74) is 2.72. The summed E-state index contributed by atoms with van der Waals surface area (Å²) in [4.78, 5) is 25.7. The van der Waals surface area contributed by atoms with E-state index in [0.717, 1.165) is 30.5 Å². The number of carbonyl (C=O) groups is 2. The first-order valence-corrected chi connectivity index (χ1v) is 8.29. The lowest BCUT2D eigenvalue weighted by Crippen LogP contribution is -2.38. The Labute approximate surface area is 143 Å². The van der Waals surface area contributed by atoms with Gasteiger partial charge < -0.3 is 10.2 Å². The fourth-order valence-electron chi connectivity index (χ4n) is 2.36. The van der Waals surface area contributed by atoms with Gasteiger partial charge in [-0.3, -0.25) is 9.59 Å². The summed E-state index contributed by atoms with van der Waals surface area (Å²) in [5.74, 6) is -0.301. The lowest BCUT2D eigenvalue weighted by Gasteiger charge is -2.17.